The van der Waals surface area contributed by atoms with E-state index in [1.807, 2.05) is 0 Å². The van der Waals surface area contributed by atoms with Crippen LogP contribution in [0.3, 0.4) is 0 Å². The van der Waals surface area contributed by atoms with Crippen molar-refractivity contribution in [3.05, 3.63) is 23.2 Å². The molecule has 1 saturated heterocycles. The Morgan fingerprint density at radius 3 is 2.52 bits per heavy atom. The van der Waals surface area contributed by atoms with Gasteiger partial charge >= 0.3 is 11.8 Å². The van der Waals surface area contributed by atoms with E-state index in [9.17, 15) is 9.59 Å². The van der Waals surface area contributed by atoms with Crippen molar-refractivity contribution in [2.45, 2.75) is 6.92 Å². The van der Waals surface area contributed by atoms with Crippen LogP contribution in [0, 0.1) is 0 Å². The predicted octanol–water partition coefficient (Wildman–Crippen LogP) is 1.02. The molecule has 7 heteroatoms. The number of anilines is 2. The number of rotatable bonds is 2. The first kappa shape index (κ1) is 15.6. The highest BCUT2D eigenvalue weighted by molar-refractivity contribution is 6.41. The average Bonchev–Trinajstić information content (AvgIpc) is 2.49. The quantitative estimate of drug-likeness (QED) is 0.631. The third kappa shape index (κ3) is 3.86. The van der Waals surface area contributed by atoms with Crippen LogP contribution in [0.2, 0.25) is 5.02 Å². The molecule has 6 nitrogen and oxygen atoms in total. The highest BCUT2D eigenvalue weighted by Crippen LogP contribution is 2.24. The first-order valence-electron chi connectivity index (χ1n) is 6.89. The number of amides is 2. The van der Waals surface area contributed by atoms with Crippen molar-refractivity contribution in [3.63, 3.8) is 0 Å². The molecule has 3 N–H and O–H groups in total. The molecule has 1 aromatic carbocycles. The Labute approximate surface area is 128 Å². The Morgan fingerprint density at radius 1 is 1.29 bits per heavy atom. The number of nitrogens with zero attached hydrogens (tertiary/aromatic N) is 2. The second-order valence-electron chi connectivity index (χ2n) is 4.92. The molecule has 0 aliphatic carbocycles. The van der Waals surface area contributed by atoms with Gasteiger partial charge in [0.05, 0.1) is 10.7 Å². The minimum atomic E-state index is -0.674. The van der Waals surface area contributed by atoms with Crippen molar-refractivity contribution < 1.29 is 9.59 Å². The Balaban J connectivity index is 1.95. The standard InChI is InChI=1S/C14H19ClN4O2/c1-2-18-5-7-19(8-6-18)14(21)13(20)17-12-4-3-10(16)9-11(12)15/h3-4,9H,2,5-8,16H2,1H3,(H,17,20). The fourth-order valence-electron chi connectivity index (χ4n) is 2.22. The van der Waals surface area contributed by atoms with Crippen molar-refractivity contribution in [1.29, 1.82) is 0 Å². The molecule has 0 radical (unpaired) electrons. The number of nitrogens with one attached hydrogen (secondary N) is 1. The molecule has 1 aliphatic heterocycles. The molecular formula is C14H19ClN4O2. The average molecular weight is 311 g/mol. The first-order chi connectivity index (χ1) is 10.0. The fourth-order valence-corrected chi connectivity index (χ4v) is 2.46. The predicted molar refractivity (Wildman–Crippen MR) is 83.2 cm³/mol. The van der Waals surface area contributed by atoms with Crippen LogP contribution in [0.1, 0.15) is 6.92 Å². The van der Waals surface area contributed by atoms with Crippen molar-refractivity contribution >= 4 is 34.8 Å². The molecule has 0 aromatic heterocycles. The molecule has 114 valence electrons. The first-order valence-corrected chi connectivity index (χ1v) is 7.26. The van der Waals surface area contributed by atoms with E-state index in [0.29, 0.717) is 29.5 Å². The second kappa shape index (κ2) is 6.78. The van der Waals surface area contributed by atoms with Gasteiger partial charge in [-0.15, -0.1) is 0 Å². The summed E-state index contributed by atoms with van der Waals surface area (Å²) in [4.78, 5) is 27.9. The minimum absolute atomic E-state index is 0.312. The smallest absolute Gasteiger partial charge is 0.313 e. The molecule has 0 unspecified atom stereocenters. The highest BCUT2D eigenvalue weighted by atomic mass is 35.5. The van der Waals surface area contributed by atoms with E-state index in [2.05, 4.69) is 17.1 Å². The Hall–Kier alpha value is -1.79. The summed E-state index contributed by atoms with van der Waals surface area (Å²) < 4.78 is 0. The third-order valence-corrected chi connectivity index (χ3v) is 3.86. The third-order valence-electron chi connectivity index (χ3n) is 3.54. The molecule has 1 aliphatic rings. The number of nitrogen functional groups attached to an aromatic ring is 1. The lowest BCUT2D eigenvalue weighted by molar-refractivity contribution is -0.144. The van der Waals surface area contributed by atoms with Gasteiger partial charge in [-0.1, -0.05) is 18.5 Å². The van der Waals surface area contributed by atoms with Gasteiger partial charge in [0, 0.05) is 31.9 Å². The maximum Gasteiger partial charge on any atom is 0.313 e. The molecule has 0 spiro atoms. The van der Waals surface area contributed by atoms with E-state index in [0.717, 1.165) is 19.6 Å². The van der Waals surface area contributed by atoms with Crippen molar-refractivity contribution in [2.24, 2.45) is 0 Å². The number of hydrogen-bond donors (Lipinski definition) is 2. The molecule has 21 heavy (non-hydrogen) atoms. The van der Waals surface area contributed by atoms with Gasteiger partial charge in [-0.05, 0) is 24.7 Å². The Kier molecular flexibility index (Phi) is 5.03. The van der Waals surface area contributed by atoms with Crippen LogP contribution < -0.4 is 11.1 Å². The van der Waals surface area contributed by atoms with E-state index in [1.165, 1.54) is 6.07 Å². The fraction of sp³-hybridized carbons (Fsp3) is 0.429. The van der Waals surface area contributed by atoms with Gasteiger partial charge in [0.25, 0.3) is 0 Å². The topological polar surface area (TPSA) is 78.7 Å². The van der Waals surface area contributed by atoms with Crippen LogP contribution in [-0.4, -0.2) is 54.3 Å². The molecule has 0 saturated carbocycles. The van der Waals surface area contributed by atoms with Crippen LogP contribution in [0.25, 0.3) is 0 Å². The molecule has 2 rings (SSSR count). The largest absolute Gasteiger partial charge is 0.399 e. The summed E-state index contributed by atoms with van der Waals surface area (Å²) in [5.74, 6) is -1.20. The van der Waals surface area contributed by atoms with Gasteiger partial charge in [-0.25, -0.2) is 0 Å². The number of benzene rings is 1. The Bertz CT molecular complexity index is 542. The van der Waals surface area contributed by atoms with E-state index in [4.69, 9.17) is 17.3 Å². The maximum atomic E-state index is 12.1. The monoisotopic (exact) mass is 310 g/mol. The number of carbonyl (C=O) groups is 2. The molecule has 1 aromatic rings. The van der Waals surface area contributed by atoms with Crippen molar-refractivity contribution in [3.8, 4) is 0 Å². The molecule has 2 amide bonds. The summed E-state index contributed by atoms with van der Waals surface area (Å²) in [5.41, 5.74) is 6.47. The highest BCUT2D eigenvalue weighted by Gasteiger charge is 2.25. The van der Waals surface area contributed by atoms with Crippen LogP contribution in [0.15, 0.2) is 18.2 Å². The number of hydrogen-bond acceptors (Lipinski definition) is 4. The molecule has 0 atom stereocenters. The summed E-state index contributed by atoms with van der Waals surface area (Å²) in [5, 5.41) is 2.84. The molecule has 1 fully saturated rings. The van der Waals surface area contributed by atoms with Crippen molar-refractivity contribution in [2.75, 3.05) is 43.8 Å². The summed E-state index contributed by atoms with van der Waals surface area (Å²) in [6.07, 6.45) is 0. The summed E-state index contributed by atoms with van der Waals surface area (Å²) in [6.45, 7) is 5.74. The number of likely N-dealkylation sites (N-methyl/N-ethyl adjacent to an activating group) is 1. The number of halogens is 1. The lowest BCUT2D eigenvalue weighted by Crippen LogP contribution is -2.51. The van der Waals surface area contributed by atoms with E-state index in [-0.39, 0.29) is 0 Å². The zero-order valence-electron chi connectivity index (χ0n) is 11.9. The zero-order chi connectivity index (χ0) is 15.4. The number of piperazine rings is 1. The van der Waals surface area contributed by atoms with Gasteiger partial charge in [0.15, 0.2) is 0 Å². The number of nitrogens with two attached hydrogens (primary N) is 1. The van der Waals surface area contributed by atoms with Crippen molar-refractivity contribution in [1.82, 2.24) is 9.80 Å². The van der Waals surface area contributed by atoms with E-state index < -0.39 is 11.8 Å². The molecule has 0 bridgehead atoms. The lowest BCUT2D eigenvalue weighted by Gasteiger charge is -2.33. The SMILES string of the molecule is CCN1CCN(C(=O)C(=O)Nc2ccc(N)cc2Cl)CC1. The lowest BCUT2D eigenvalue weighted by atomic mass is 10.2. The maximum absolute atomic E-state index is 12.1. The normalized spacial score (nSPS) is 15.8. The minimum Gasteiger partial charge on any atom is -0.399 e. The van der Waals surface area contributed by atoms with Gasteiger partial charge in [0.1, 0.15) is 0 Å². The molecule has 1 heterocycles. The van der Waals surface area contributed by atoms with Gasteiger partial charge < -0.3 is 20.9 Å². The van der Waals surface area contributed by atoms with Gasteiger partial charge in [-0.2, -0.15) is 0 Å². The van der Waals surface area contributed by atoms with E-state index in [1.54, 1.807) is 17.0 Å². The summed E-state index contributed by atoms with van der Waals surface area (Å²) in [6, 6.07) is 4.73. The van der Waals surface area contributed by atoms with Crippen LogP contribution in [0.5, 0.6) is 0 Å². The van der Waals surface area contributed by atoms with Crippen LogP contribution in [-0.2, 0) is 9.59 Å². The second-order valence-corrected chi connectivity index (χ2v) is 5.33. The number of carbonyl (C=O) groups excluding carboxylic acids is 2. The van der Waals surface area contributed by atoms with Gasteiger partial charge in [-0.3, -0.25) is 9.59 Å². The molecular weight excluding hydrogens is 292 g/mol. The summed E-state index contributed by atoms with van der Waals surface area (Å²) >= 11 is 5.98. The van der Waals surface area contributed by atoms with E-state index >= 15 is 0 Å². The Morgan fingerprint density at radius 2 is 1.95 bits per heavy atom. The van der Waals surface area contributed by atoms with Crippen LogP contribution in [0.4, 0.5) is 11.4 Å². The van der Waals surface area contributed by atoms with Gasteiger partial charge in [0.2, 0.25) is 0 Å². The zero-order valence-corrected chi connectivity index (χ0v) is 12.7. The van der Waals surface area contributed by atoms with Crippen LogP contribution >= 0.6 is 11.6 Å². The summed E-state index contributed by atoms with van der Waals surface area (Å²) in [7, 11) is 0.